The van der Waals surface area contributed by atoms with E-state index in [-0.39, 0.29) is 0 Å². The molecule has 0 radical (unpaired) electrons. The van der Waals surface area contributed by atoms with E-state index in [2.05, 4.69) is 34.1 Å². The first-order valence-corrected chi connectivity index (χ1v) is 7.19. The second-order valence-electron chi connectivity index (χ2n) is 5.06. The van der Waals surface area contributed by atoms with Crippen LogP contribution in [0.25, 0.3) is 0 Å². The molecule has 5 heteroatoms. The molecule has 0 aliphatic heterocycles. The van der Waals surface area contributed by atoms with Crippen LogP contribution in [-0.4, -0.2) is 33.1 Å². The summed E-state index contributed by atoms with van der Waals surface area (Å²) in [7, 11) is 4.11. The highest BCUT2D eigenvalue weighted by Crippen LogP contribution is 2.35. The van der Waals surface area contributed by atoms with Crippen LogP contribution in [0, 0.1) is 12.8 Å². The fraction of sp³-hybridized carbons (Fsp3) is 0.833. The summed E-state index contributed by atoms with van der Waals surface area (Å²) >= 11 is 1.88. The Morgan fingerprint density at radius 2 is 2.12 bits per heavy atom. The maximum atomic E-state index is 4.25. The number of nitrogens with zero attached hydrogens (tertiary/aromatic N) is 3. The average Bonchev–Trinajstić information content (AvgIpc) is 2.61. The summed E-state index contributed by atoms with van der Waals surface area (Å²) in [5.74, 6) is 1.81. The molecule has 1 saturated carbocycles. The van der Waals surface area contributed by atoms with Gasteiger partial charge in [-0.2, -0.15) is 0 Å². The lowest BCUT2D eigenvalue weighted by atomic mass is 9.87. The fourth-order valence-electron chi connectivity index (χ4n) is 2.41. The molecule has 17 heavy (non-hydrogen) atoms. The third-order valence-corrected chi connectivity index (χ3v) is 5.12. The molecular formula is C12H22N4S. The molecule has 3 atom stereocenters. The first-order chi connectivity index (χ1) is 8.11. The molecule has 1 aromatic heterocycles. The smallest absolute Gasteiger partial charge is 0.191 e. The lowest BCUT2D eigenvalue weighted by Gasteiger charge is -2.33. The molecule has 4 nitrogen and oxygen atoms in total. The molecule has 2 rings (SSSR count). The van der Waals surface area contributed by atoms with Gasteiger partial charge in [0.1, 0.15) is 5.82 Å². The van der Waals surface area contributed by atoms with Gasteiger partial charge in [0.15, 0.2) is 5.16 Å². The summed E-state index contributed by atoms with van der Waals surface area (Å²) in [6.45, 7) is 4.34. The molecule has 1 aromatic rings. The molecule has 1 heterocycles. The highest BCUT2D eigenvalue weighted by molar-refractivity contribution is 7.99. The Kier molecular flexibility index (Phi) is 4.09. The minimum absolute atomic E-state index is 0.605. The van der Waals surface area contributed by atoms with Crippen molar-refractivity contribution >= 4 is 11.8 Å². The van der Waals surface area contributed by atoms with Crippen molar-refractivity contribution < 1.29 is 0 Å². The Morgan fingerprint density at radius 3 is 2.71 bits per heavy atom. The Morgan fingerprint density at radius 1 is 1.35 bits per heavy atom. The lowest BCUT2D eigenvalue weighted by Crippen LogP contribution is -2.40. The van der Waals surface area contributed by atoms with E-state index in [0.717, 1.165) is 16.9 Å². The average molecular weight is 254 g/mol. The van der Waals surface area contributed by atoms with Crippen LogP contribution in [0.15, 0.2) is 5.16 Å². The van der Waals surface area contributed by atoms with E-state index in [4.69, 9.17) is 0 Å². The van der Waals surface area contributed by atoms with E-state index in [1.54, 1.807) is 0 Å². The van der Waals surface area contributed by atoms with E-state index < -0.39 is 0 Å². The summed E-state index contributed by atoms with van der Waals surface area (Å²) in [5.41, 5.74) is 0. The summed E-state index contributed by atoms with van der Waals surface area (Å²) in [6.07, 6.45) is 3.87. The molecule has 1 aliphatic carbocycles. The molecule has 1 fully saturated rings. The van der Waals surface area contributed by atoms with Gasteiger partial charge in [-0.05, 0) is 39.2 Å². The Balaban J connectivity index is 2.07. The zero-order valence-corrected chi connectivity index (χ0v) is 11.9. The molecule has 96 valence electrons. The van der Waals surface area contributed by atoms with Crippen molar-refractivity contribution in [1.29, 1.82) is 0 Å². The van der Waals surface area contributed by atoms with E-state index in [9.17, 15) is 0 Å². The number of aryl methyl sites for hydroxylation is 1. The van der Waals surface area contributed by atoms with Gasteiger partial charge < -0.3 is 9.88 Å². The lowest BCUT2D eigenvalue weighted by molar-refractivity contribution is 0.328. The van der Waals surface area contributed by atoms with Gasteiger partial charge in [0, 0.05) is 18.3 Å². The van der Waals surface area contributed by atoms with Crippen LogP contribution in [0.4, 0.5) is 0 Å². The highest BCUT2D eigenvalue weighted by atomic mass is 32.2. The molecule has 1 aliphatic rings. The van der Waals surface area contributed by atoms with Gasteiger partial charge in [-0.25, -0.2) is 0 Å². The largest absolute Gasteiger partial charge is 0.316 e. The minimum atomic E-state index is 0.605. The molecule has 0 spiro atoms. The first-order valence-electron chi connectivity index (χ1n) is 6.31. The zero-order valence-electron chi connectivity index (χ0n) is 11.1. The number of nitrogens with one attached hydrogen (secondary N) is 1. The number of rotatable bonds is 3. The van der Waals surface area contributed by atoms with Gasteiger partial charge in [-0.1, -0.05) is 18.7 Å². The van der Waals surface area contributed by atoms with Crippen molar-refractivity contribution in [2.24, 2.45) is 13.0 Å². The fourth-order valence-corrected chi connectivity index (χ4v) is 3.93. The van der Waals surface area contributed by atoms with Crippen molar-refractivity contribution in [3.05, 3.63) is 5.82 Å². The van der Waals surface area contributed by atoms with E-state index >= 15 is 0 Å². The molecule has 0 bridgehead atoms. The first kappa shape index (κ1) is 12.9. The van der Waals surface area contributed by atoms with E-state index in [0.29, 0.717) is 11.3 Å². The van der Waals surface area contributed by atoms with Gasteiger partial charge >= 0.3 is 0 Å². The van der Waals surface area contributed by atoms with Crippen LogP contribution >= 0.6 is 11.8 Å². The number of thioether (sulfide) groups is 1. The maximum absolute atomic E-state index is 4.25. The standard InChI is InChI=1S/C12H22N4S/c1-8-5-6-10(13-3)11(7-8)17-12-15-14-9(2)16(12)4/h8,10-11,13H,5-7H2,1-4H3. The highest BCUT2D eigenvalue weighted by Gasteiger charge is 2.29. The minimum Gasteiger partial charge on any atom is -0.316 e. The quantitative estimate of drug-likeness (QED) is 0.896. The van der Waals surface area contributed by atoms with E-state index in [1.807, 2.05) is 25.7 Å². The molecular weight excluding hydrogens is 232 g/mol. The van der Waals surface area contributed by atoms with Crippen LogP contribution in [0.1, 0.15) is 32.0 Å². The maximum Gasteiger partial charge on any atom is 0.191 e. The summed E-state index contributed by atoms with van der Waals surface area (Å²) in [4.78, 5) is 0. The predicted molar refractivity (Wildman–Crippen MR) is 71.2 cm³/mol. The van der Waals surface area contributed by atoms with Crippen molar-refractivity contribution in [3.63, 3.8) is 0 Å². The summed E-state index contributed by atoms with van der Waals surface area (Å²) in [5, 5.41) is 13.5. The topological polar surface area (TPSA) is 42.7 Å². The zero-order chi connectivity index (χ0) is 12.4. The Hall–Kier alpha value is -0.550. The van der Waals surface area contributed by atoms with Gasteiger partial charge in [0.25, 0.3) is 0 Å². The summed E-state index contributed by atoms with van der Waals surface area (Å²) in [6, 6.07) is 0.605. The van der Waals surface area contributed by atoms with Crippen LogP contribution in [0.3, 0.4) is 0 Å². The van der Waals surface area contributed by atoms with Gasteiger partial charge in [0.2, 0.25) is 0 Å². The molecule has 0 saturated heterocycles. The van der Waals surface area contributed by atoms with Crippen LogP contribution in [0.5, 0.6) is 0 Å². The van der Waals surface area contributed by atoms with Gasteiger partial charge in [-0.15, -0.1) is 10.2 Å². The van der Waals surface area contributed by atoms with Crippen LogP contribution in [0.2, 0.25) is 0 Å². The monoisotopic (exact) mass is 254 g/mol. The third-order valence-electron chi connectivity index (χ3n) is 3.73. The van der Waals surface area contributed by atoms with Crippen molar-refractivity contribution in [3.8, 4) is 0 Å². The van der Waals surface area contributed by atoms with Crippen molar-refractivity contribution in [1.82, 2.24) is 20.1 Å². The number of aromatic nitrogens is 3. The van der Waals surface area contributed by atoms with Crippen molar-refractivity contribution in [2.45, 2.75) is 49.6 Å². The van der Waals surface area contributed by atoms with Gasteiger partial charge in [0.05, 0.1) is 0 Å². The SMILES string of the molecule is CNC1CCC(C)CC1Sc1nnc(C)n1C. The molecule has 0 amide bonds. The van der Waals surface area contributed by atoms with Crippen molar-refractivity contribution in [2.75, 3.05) is 7.05 Å². The van der Waals surface area contributed by atoms with Crippen LogP contribution in [-0.2, 0) is 7.05 Å². The summed E-state index contributed by atoms with van der Waals surface area (Å²) < 4.78 is 2.08. The predicted octanol–water partition coefficient (Wildman–Crippen LogP) is 1.99. The second kappa shape index (κ2) is 5.40. The Bertz CT molecular complexity index is 377. The molecule has 0 aromatic carbocycles. The van der Waals surface area contributed by atoms with E-state index in [1.165, 1.54) is 19.3 Å². The Labute approximate surface area is 108 Å². The molecule has 1 N–H and O–H groups in total. The number of hydrogen-bond donors (Lipinski definition) is 1. The van der Waals surface area contributed by atoms with Crippen LogP contribution < -0.4 is 5.32 Å². The number of hydrogen-bond acceptors (Lipinski definition) is 4. The molecule has 3 unspecified atom stereocenters. The second-order valence-corrected chi connectivity index (χ2v) is 6.26. The van der Waals surface area contributed by atoms with Gasteiger partial charge in [-0.3, -0.25) is 0 Å². The normalized spacial score (nSPS) is 29.5. The third kappa shape index (κ3) is 2.83.